The minimum atomic E-state index is -0.326. The standard InChI is InChI=1S/C17H18INO/c18-14-9-7-13(8-10-14)12-19-11-3-6-17(20)15-4-1-2-5-16(15)19/h1-2,4-5,7-10,17,20H,3,6,11-12H2. The van der Waals surface area contributed by atoms with E-state index in [4.69, 9.17) is 0 Å². The molecule has 0 amide bonds. The van der Waals surface area contributed by atoms with E-state index >= 15 is 0 Å². The number of aliphatic hydroxyl groups is 1. The molecule has 20 heavy (non-hydrogen) atoms. The van der Waals surface area contributed by atoms with E-state index in [9.17, 15) is 5.11 Å². The van der Waals surface area contributed by atoms with Crippen LogP contribution in [0, 0.1) is 3.57 Å². The molecule has 1 N–H and O–H groups in total. The molecule has 1 aliphatic heterocycles. The number of halogens is 1. The Kier molecular flexibility index (Phi) is 4.27. The van der Waals surface area contributed by atoms with Gasteiger partial charge in [-0.3, -0.25) is 0 Å². The fraction of sp³-hybridized carbons (Fsp3) is 0.294. The summed E-state index contributed by atoms with van der Waals surface area (Å²) < 4.78 is 1.26. The maximum atomic E-state index is 10.2. The Balaban J connectivity index is 1.89. The number of fused-ring (bicyclic) bond motifs is 1. The summed E-state index contributed by atoms with van der Waals surface area (Å²) in [5.74, 6) is 0. The Morgan fingerprint density at radius 1 is 1.10 bits per heavy atom. The zero-order valence-electron chi connectivity index (χ0n) is 11.3. The van der Waals surface area contributed by atoms with Crippen LogP contribution in [0.3, 0.4) is 0 Å². The maximum absolute atomic E-state index is 10.2. The van der Waals surface area contributed by atoms with Crippen molar-refractivity contribution in [2.45, 2.75) is 25.5 Å². The summed E-state index contributed by atoms with van der Waals surface area (Å²) in [5, 5.41) is 10.2. The van der Waals surface area contributed by atoms with Gasteiger partial charge in [-0.2, -0.15) is 0 Å². The third-order valence-electron chi connectivity index (χ3n) is 3.83. The number of rotatable bonds is 2. The van der Waals surface area contributed by atoms with Gasteiger partial charge in [0.25, 0.3) is 0 Å². The Hall–Kier alpha value is -1.07. The molecule has 1 aliphatic rings. The van der Waals surface area contributed by atoms with Crippen LogP contribution in [0.1, 0.15) is 30.1 Å². The van der Waals surface area contributed by atoms with Gasteiger partial charge in [0.15, 0.2) is 0 Å². The first-order valence-corrected chi connectivity index (χ1v) is 8.08. The van der Waals surface area contributed by atoms with Crippen molar-refractivity contribution in [2.24, 2.45) is 0 Å². The molecule has 2 aromatic carbocycles. The molecule has 3 heteroatoms. The number of hydrogen-bond acceptors (Lipinski definition) is 2. The van der Waals surface area contributed by atoms with Crippen LogP contribution >= 0.6 is 22.6 Å². The fourth-order valence-electron chi connectivity index (χ4n) is 2.78. The first-order valence-electron chi connectivity index (χ1n) is 7.00. The highest BCUT2D eigenvalue weighted by Gasteiger charge is 2.20. The van der Waals surface area contributed by atoms with E-state index in [2.05, 4.69) is 63.9 Å². The van der Waals surface area contributed by atoms with Crippen LogP contribution in [-0.4, -0.2) is 11.7 Å². The van der Waals surface area contributed by atoms with E-state index in [1.54, 1.807) is 0 Å². The molecule has 0 aliphatic carbocycles. The van der Waals surface area contributed by atoms with Gasteiger partial charge >= 0.3 is 0 Å². The SMILES string of the molecule is OC1CCCN(Cc2ccc(I)cc2)c2ccccc21. The zero-order chi connectivity index (χ0) is 13.9. The quantitative estimate of drug-likeness (QED) is 0.794. The van der Waals surface area contributed by atoms with E-state index in [1.807, 2.05) is 12.1 Å². The monoisotopic (exact) mass is 379 g/mol. The van der Waals surface area contributed by atoms with E-state index in [-0.39, 0.29) is 6.10 Å². The predicted molar refractivity (Wildman–Crippen MR) is 90.8 cm³/mol. The van der Waals surface area contributed by atoms with Gasteiger partial charge in [-0.05, 0) is 59.2 Å². The van der Waals surface area contributed by atoms with Crippen molar-refractivity contribution in [2.75, 3.05) is 11.4 Å². The van der Waals surface area contributed by atoms with E-state index < -0.39 is 0 Å². The van der Waals surface area contributed by atoms with Crippen molar-refractivity contribution in [3.05, 3.63) is 63.2 Å². The second-order valence-corrected chi connectivity index (χ2v) is 6.51. The van der Waals surface area contributed by atoms with Gasteiger partial charge in [0.1, 0.15) is 0 Å². The van der Waals surface area contributed by atoms with Crippen LogP contribution in [0.15, 0.2) is 48.5 Å². The molecule has 0 spiro atoms. The highest BCUT2D eigenvalue weighted by Crippen LogP contribution is 2.33. The summed E-state index contributed by atoms with van der Waals surface area (Å²) in [5.41, 5.74) is 3.56. The highest BCUT2D eigenvalue weighted by molar-refractivity contribution is 14.1. The number of benzene rings is 2. The molecule has 2 nitrogen and oxygen atoms in total. The molecule has 0 aromatic heterocycles. The van der Waals surface area contributed by atoms with Crippen LogP contribution < -0.4 is 4.90 Å². The van der Waals surface area contributed by atoms with E-state index in [0.29, 0.717) is 0 Å². The molecule has 1 unspecified atom stereocenters. The van der Waals surface area contributed by atoms with Gasteiger partial charge in [0.2, 0.25) is 0 Å². The minimum absolute atomic E-state index is 0.326. The van der Waals surface area contributed by atoms with Gasteiger partial charge in [-0.15, -0.1) is 0 Å². The van der Waals surface area contributed by atoms with Gasteiger partial charge in [0.05, 0.1) is 6.10 Å². The third kappa shape index (κ3) is 2.99. The summed E-state index contributed by atoms with van der Waals surface area (Å²) in [6, 6.07) is 16.9. The van der Waals surface area contributed by atoms with Crippen molar-refractivity contribution in [1.29, 1.82) is 0 Å². The van der Waals surface area contributed by atoms with Gasteiger partial charge in [-0.1, -0.05) is 30.3 Å². The molecular weight excluding hydrogens is 361 g/mol. The lowest BCUT2D eigenvalue weighted by molar-refractivity contribution is 0.168. The Morgan fingerprint density at radius 2 is 1.85 bits per heavy atom. The second kappa shape index (κ2) is 6.14. The Bertz CT molecular complexity index is 582. The van der Waals surface area contributed by atoms with Crippen molar-refractivity contribution >= 4 is 28.3 Å². The van der Waals surface area contributed by atoms with Gasteiger partial charge in [-0.25, -0.2) is 0 Å². The molecule has 0 fully saturated rings. The van der Waals surface area contributed by atoms with Crippen LogP contribution in [0.5, 0.6) is 0 Å². The maximum Gasteiger partial charge on any atom is 0.0810 e. The van der Waals surface area contributed by atoms with Gasteiger partial charge in [0, 0.05) is 27.9 Å². The molecule has 104 valence electrons. The summed E-state index contributed by atoms with van der Waals surface area (Å²) in [6.07, 6.45) is 1.55. The second-order valence-electron chi connectivity index (χ2n) is 5.26. The van der Waals surface area contributed by atoms with E-state index in [1.165, 1.54) is 14.8 Å². The smallest absolute Gasteiger partial charge is 0.0810 e. The number of para-hydroxylation sites is 1. The lowest BCUT2D eigenvalue weighted by Gasteiger charge is -2.25. The summed E-state index contributed by atoms with van der Waals surface area (Å²) >= 11 is 2.33. The first kappa shape index (κ1) is 13.9. The van der Waals surface area contributed by atoms with Crippen molar-refractivity contribution in [3.8, 4) is 0 Å². The molecule has 2 aromatic rings. The average Bonchev–Trinajstić information content (AvgIpc) is 2.62. The molecule has 1 atom stereocenters. The van der Waals surface area contributed by atoms with Crippen LogP contribution in [0.4, 0.5) is 5.69 Å². The van der Waals surface area contributed by atoms with Gasteiger partial charge < -0.3 is 10.0 Å². The zero-order valence-corrected chi connectivity index (χ0v) is 13.5. The number of nitrogens with zero attached hydrogens (tertiary/aromatic N) is 1. The number of anilines is 1. The molecule has 0 bridgehead atoms. The Morgan fingerprint density at radius 3 is 2.65 bits per heavy atom. The average molecular weight is 379 g/mol. The topological polar surface area (TPSA) is 23.5 Å². The molecular formula is C17H18INO. The molecule has 0 saturated carbocycles. The lowest BCUT2D eigenvalue weighted by Crippen LogP contribution is -2.23. The van der Waals surface area contributed by atoms with Crippen molar-refractivity contribution < 1.29 is 5.11 Å². The predicted octanol–water partition coefficient (Wildman–Crippen LogP) is 4.13. The van der Waals surface area contributed by atoms with Crippen molar-refractivity contribution in [1.82, 2.24) is 0 Å². The number of aliphatic hydroxyl groups excluding tert-OH is 1. The highest BCUT2D eigenvalue weighted by atomic mass is 127. The molecule has 0 radical (unpaired) electrons. The largest absolute Gasteiger partial charge is 0.388 e. The van der Waals surface area contributed by atoms with Crippen LogP contribution in [-0.2, 0) is 6.54 Å². The van der Waals surface area contributed by atoms with Crippen molar-refractivity contribution in [3.63, 3.8) is 0 Å². The fourth-order valence-corrected chi connectivity index (χ4v) is 3.14. The first-order chi connectivity index (χ1) is 9.74. The minimum Gasteiger partial charge on any atom is -0.388 e. The third-order valence-corrected chi connectivity index (χ3v) is 4.55. The molecule has 0 saturated heterocycles. The summed E-state index contributed by atoms with van der Waals surface area (Å²) in [7, 11) is 0. The summed E-state index contributed by atoms with van der Waals surface area (Å²) in [4.78, 5) is 2.38. The normalized spacial score (nSPS) is 18.5. The van der Waals surface area contributed by atoms with E-state index in [0.717, 1.165) is 31.5 Å². The number of hydrogen-bond donors (Lipinski definition) is 1. The van der Waals surface area contributed by atoms with Crippen LogP contribution in [0.25, 0.3) is 0 Å². The molecule has 1 heterocycles. The summed E-state index contributed by atoms with van der Waals surface area (Å²) in [6.45, 7) is 1.90. The van der Waals surface area contributed by atoms with Crippen LogP contribution in [0.2, 0.25) is 0 Å². The lowest BCUT2D eigenvalue weighted by atomic mass is 10.0. The Labute approximate surface area is 133 Å². The molecule has 3 rings (SSSR count).